The number of esters is 3. The van der Waals surface area contributed by atoms with Crippen molar-refractivity contribution in [3.8, 4) is 0 Å². The smallest absolute Gasteiger partial charge is 0.306 e. The van der Waals surface area contributed by atoms with Gasteiger partial charge in [-0.25, -0.2) is 0 Å². The third kappa shape index (κ3) is 55.6. The van der Waals surface area contributed by atoms with Crippen LogP contribution in [0.5, 0.6) is 0 Å². The average molecular weight is 964 g/mol. The number of rotatable bonds is 53. The molecule has 0 aromatic carbocycles. The Labute approximate surface area is 427 Å². The van der Waals surface area contributed by atoms with Crippen LogP contribution in [0.25, 0.3) is 0 Å². The predicted octanol–water partition coefficient (Wildman–Crippen LogP) is 19.8. The molecule has 6 nitrogen and oxygen atoms in total. The van der Waals surface area contributed by atoms with E-state index in [1.54, 1.807) is 0 Å². The highest BCUT2D eigenvalue weighted by molar-refractivity contribution is 5.71. The van der Waals surface area contributed by atoms with Gasteiger partial charge in [-0.3, -0.25) is 14.4 Å². The number of unbranched alkanes of at least 4 members (excludes halogenated alkanes) is 30. The molecule has 0 radical (unpaired) electrons. The second-order valence-corrected chi connectivity index (χ2v) is 19.5. The van der Waals surface area contributed by atoms with Crippen molar-refractivity contribution in [1.29, 1.82) is 0 Å². The third-order valence-electron chi connectivity index (χ3n) is 12.7. The summed E-state index contributed by atoms with van der Waals surface area (Å²) in [6.45, 7) is 6.57. The van der Waals surface area contributed by atoms with E-state index in [-0.39, 0.29) is 31.1 Å². The molecule has 0 aromatic rings. The lowest BCUT2D eigenvalue weighted by Gasteiger charge is -2.18. The molecule has 0 rings (SSSR count). The number of ether oxygens (including phenoxy) is 3. The molecule has 1 atom stereocenters. The molecule has 69 heavy (non-hydrogen) atoms. The minimum atomic E-state index is -0.791. The van der Waals surface area contributed by atoms with E-state index >= 15 is 0 Å². The largest absolute Gasteiger partial charge is 0.462 e. The molecule has 0 saturated heterocycles. The molecule has 0 aliphatic rings. The molecule has 0 aromatic heterocycles. The van der Waals surface area contributed by atoms with Gasteiger partial charge >= 0.3 is 17.9 Å². The highest BCUT2D eigenvalue weighted by Crippen LogP contribution is 2.15. The van der Waals surface area contributed by atoms with Crippen LogP contribution in [0.2, 0.25) is 0 Å². The number of hydrogen-bond acceptors (Lipinski definition) is 6. The van der Waals surface area contributed by atoms with E-state index in [0.717, 1.165) is 96.3 Å². The Morgan fingerprint density at radius 3 is 0.855 bits per heavy atom. The minimum Gasteiger partial charge on any atom is -0.462 e. The summed E-state index contributed by atoms with van der Waals surface area (Å²) >= 11 is 0. The Morgan fingerprint density at radius 1 is 0.290 bits per heavy atom. The Hall–Kier alpha value is -3.15. The van der Waals surface area contributed by atoms with Gasteiger partial charge in [-0.15, -0.1) is 0 Å². The molecule has 6 heteroatoms. The zero-order valence-corrected chi connectivity index (χ0v) is 45.6. The summed E-state index contributed by atoms with van der Waals surface area (Å²) in [6.07, 6.45) is 73.1. The number of carbonyl (C=O) groups excluding carboxylic acids is 3. The maximum Gasteiger partial charge on any atom is 0.306 e. The third-order valence-corrected chi connectivity index (χ3v) is 12.7. The summed E-state index contributed by atoms with van der Waals surface area (Å²) in [6, 6.07) is 0. The zero-order valence-electron chi connectivity index (χ0n) is 45.6. The van der Waals surface area contributed by atoms with Gasteiger partial charge in [-0.05, 0) is 116 Å². The van der Waals surface area contributed by atoms with Crippen LogP contribution in [0.3, 0.4) is 0 Å². The maximum absolute atomic E-state index is 12.9. The quantitative estimate of drug-likeness (QED) is 0.0262. The molecule has 0 amide bonds. The fraction of sp³-hybridized carbons (Fsp3) is 0.762. The Bertz CT molecular complexity index is 1290. The monoisotopic (exact) mass is 963 g/mol. The van der Waals surface area contributed by atoms with Crippen LogP contribution in [0.1, 0.15) is 290 Å². The summed E-state index contributed by atoms with van der Waals surface area (Å²) in [5.41, 5.74) is 0. The van der Waals surface area contributed by atoms with E-state index in [0.29, 0.717) is 19.3 Å². The van der Waals surface area contributed by atoms with E-state index in [2.05, 4.69) is 93.7 Å². The predicted molar refractivity (Wildman–Crippen MR) is 298 cm³/mol. The van der Waals surface area contributed by atoms with Crippen molar-refractivity contribution in [3.05, 3.63) is 72.9 Å². The van der Waals surface area contributed by atoms with Crippen molar-refractivity contribution in [3.63, 3.8) is 0 Å². The van der Waals surface area contributed by atoms with Crippen LogP contribution in [0, 0.1) is 0 Å². The number of hydrogen-bond donors (Lipinski definition) is 0. The van der Waals surface area contributed by atoms with E-state index in [9.17, 15) is 14.4 Å². The molecule has 0 N–H and O–H groups in total. The van der Waals surface area contributed by atoms with Gasteiger partial charge in [0.15, 0.2) is 6.10 Å². The molecule has 0 unspecified atom stereocenters. The first-order valence-electron chi connectivity index (χ1n) is 29.4. The molecular formula is C63H110O6. The van der Waals surface area contributed by atoms with Crippen molar-refractivity contribution >= 4 is 17.9 Å². The van der Waals surface area contributed by atoms with Gasteiger partial charge in [-0.2, -0.15) is 0 Å². The Kier molecular flexibility index (Phi) is 54.8. The second-order valence-electron chi connectivity index (χ2n) is 19.5. The molecule has 0 saturated carbocycles. The minimum absolute atomic E-state index is 0.0876. The Balaban J connectivity index is 4.44. The first-order chi connectivity index (χ1) is 34.0. The van der Waals surface area contributed by atoms with Crippen LogP contribution >= 0.6 is 0 Å². The lowest BCUT2D eigenvalue weighted by Crippen LogP contribution is -2.30. The maximum atomic E-state index is 12.9. The zero-order chi connectivity index (χ0) is 50.0. The molecule has 0 aliphatic carbocycles. The van der Waals surface area contributed by atoms with Gasteiger partial charge in [0.05, 0.1) is 0 Å². The molecule has 0 bridgehead atoms. The highest BCUT2D eigenvalue weighted by Gasteiger charge is 2.19. The van der Waals surface area contributed by atoms with Gasteiger partial charge in [0.1, 0.15) is 13.2 Å². The van der Waals surface area contributed by atoms with Gasteiger partial charge in [0.25, 0.3) is 0 Å². The van der Waals surface area contributed by atoms with Crippen LogP contribution in [-0.2, 0) is 28.6 Å². The van der Waals surface area contributed by atoms with Gasteiger partial charge < -0.3 is 14.2 Å². The number of carbonyl (C=O) groups is 3. The van der Waals surface area contributed by atoms with Crippen LogP contribution < -0.4 is 0 Å². The summed E-state index contributed by atoms with van der Waals surface area (Å²) in [7, 11) is 0. The number of allylic oxidation sites excluding steroid dienone is 12. The molecule has 0 fully saturated rings. The summed E-state index contributed by atoms with van der Waals surface area (Å²) in [5.74, 6) is -0.913. The van der Waals surface area contributed by atoms with Gasteiger partial charge in [0, 0.05) is 19.3 Å². The summed E-state index contributed by atoms with van der Waals surface area (Å²) in [5, 5.41) is 0. The Morgan fingerprint density at radius 2 is 0.522 bits per heavy atom. The van der Waals surface area contributed by atoms with Crippen molar-refractivity contribution in [1.82, 2.24) is 0 Å². The normalized spacial score (nSPS) is 12.6. The first-order valence-corrected chi connectivity index (χ1v) is 29.4. The fourth-order valence-electron chi connectivity index (χ4n) is 8.18. The van der Waals surface area contributed by atoms with E-state index in [1.165, 1.54) is 154 Å². The van der Waals surface area contributed by atoms with Crippen LogP contribution in [0.4, 0.5) is 0 Å². The second kappa shape index (κ2) is 57.4. The van der Waals surface area contributed by atoms with Crippen LogP contribution in [0.15, 0.2) is 72.9 Å². The molecule has 0 spiro atoms. The molecule has 398 valence electrons. The van der Waals surface area contributed by atoms with E-state index < -0.39 is 6.10 Å². The van der Waals surface area contributed by atoms with Crippen molar-refractivity contribution in [2.24, 2.45) is 0 Å². The molecular weight excluding hydrogens is 853 g/mol. The standard InChI is InChI=1S/C63H110O6/c1-4-7-10-13-16-19-22-25-28-31-34-37-40-43-46-49-52-55-61(64)67-58-60(69-63(66)57-54-51-48-45-42-39-36-33-30-27-24-21-18-15-12-9-6-3)59-68-62(65)56-53-50-47-44-41-38-35-32-29-26-23-20-17-14-11-8-5-2/h16,18-19,21,25-30,34,37,60H,4-15,17,20,22-24,31-33,35-36,38-59H2,1-3H3/b19-16-,21-18-,28-25-,29-26-,30-27-,37-34-/t60-/m0/s1. The topological polar surface area (TPSA) is 78.9 Å². The van der Waals surface area contributed by atoms with Crippen molar-refractivity contribution in [2.45, 2.75) is 297 Å². The lowest BCUT2D eigenvalue weighted by molar-refractivity contribution is -0.167. The highest BCUT2D eigenvalue weighted by atomic mass is 16.6. The van der Waals surface area contributed by atoms with Gasteiger partial charge in [-0.1, -0.05) is 229 Å². The molecule has 0 heterocycles. The van der Waals surface area contributed by atoms with Crippen molar-refractivity contribution < 1.29 is 28.6 Å². The molecule has 0 aliphatic heterocycles. The SMILES string of the molecule is CCCCC/C=C\C/C=C\C/C=C\CCCCCCC(=O)OC[C@@H](COC(=O)CCCCCCCCC/C=C\CCCCCCCC)OC(=O)CCCCCCCCC/C=C\C/C=C\CCCCC. The fourth-order valence-corrected chi connectivity index (χ4v) is 8.18. The van der Waals surface area contributed by atoms with Crippen LogP contribution in [-0.4, -0.2) is 37.2 Å². The van der Waals surface area contributed by atoms with E-state index in [1.807, 2.05) is 0 Å². The lowest BCUT2D eigenvalue weighted by atomic mass is 10.1. The van der Waals surface area contributed by atoms with Gasteiger partial charge in [0.2, 0.25) is 0 Å². The summed E-state index contributed by atoms with van der Waals surface area (Å²) in [4.78, 5) is 38.2. The average Bonchev–Trinajstić information content (AvgIpc) is 3.35. The van der Waals surface area contributed by atoms with E-state index in [4.69, 9.17) is 14.2 Å². The first kappa shape index (κ1) is 65.8. The summed E-state index contributed by atoms with van der Waals surface area (Å²) < 4.78 is 16.9. The van der Waals surface area contributed by atoms with Crippen molar-refractivity contribution in [2.75, 3.05) is 13.2 Å².